The summed E-state index contributed by atoms with van der Waals surface area (Å²) >= 11 is 0. The first-order chi connectivity index (χ1) is 16.0. The van der Waals surface area contributed by atoms with E-state index in [1.54, 1.807) is 73.8 Å². The van der Waals surface area contributed by atoms with Crippen molar-refractivity contribution in [1.29, 1.82) is 0 Å². The molecule has 1 aliphatic heterocycles. The largest absolute Gasteiger partial charge is 0.519 e. The molecule has 0 saturated carbocycles. The van der Waals surface area contributed by atoms with Crippen LogP contribution in [0.3, 0.4) is 0 Å². The van der Waals surface area contributed by atoms with E-state index in [1.807, 2.05) is 0 Å². The van der Waals surface area contributed by atoms with Crippen LogP contribution in [0.1, 0.15) is 11.1 Å². The van der Waals surface area contributed by atoms with E-state index in [2.05, 4.69) is 5.32 Å². The maximum absolute atomic E-state index is 12.5. The molecule has 8 nitrogen and oxygen atoms in total. The van der Waals surface area contributed by atoms with Gasteiger partial charge in [-0.3, -0.25) is 4.79 Å². The van der Waals surface area contributed by atoms with Crippen molar-refractivity contribution in [2.45, 2.75) is 0 Å². The fraction of sp³-hybridized carbons (Fsp3) is 0.120. The molecule has 0 fully saturated rings. The van der Waals surface area contributed by atoms with E-state index >= 15 is 0 Å². The Hall–Kier alpha value is -4.46. The zero-order chi connectivity index (χ0) is 23.4. The Labute approximate surface area is 190 Å². The van der Waals surface area contributed by atoms with E-state index in [9.17, 15) is 9.59 Å². The Morgan fingerprint density at radius 2 is 1.30 bits per heavy atom. The summed E-state index contributed by atoms with van der Waals surface area (Å²) in [4.78, 5) is 24.5. The minimum atomic E-state index is -0.864. The number of fused-ring (bicyclic) bond motifs is 1. The first-order valence-corrected chi connectivity index (χ1v) is 9.94. The first-order valence-electron chi connectivity index (χ1n) is 9.94. The van der Waals surface area contributed by atoms with Gasteiger partial charge >= 0.3 is 6.16 Å². The van der Waals surface area contributed by atoms with Gasteiger partial charge in [0.1, 0.15) is 17.2 Å². The van der Waals surface area contributed by atoms with Crippen molar-refractivity contribution in [3.05, 3.63) is 71.8 Å². The molecule has 4 rings (SSSR count). The molecule has 168 valence electrons. The van der Waals surface area contributed by atoms with Gasteiger partial charge in [0, 0.05) is 17.2 Å². The Morgan fingerprint density at radius 1 is 0.758 bits per heavy atom. The number of benzene rings is 3. The number of hydrogen-bond acceptors (Lipinski definition) is 7. The average Bonchev–Trinajstić information content (AvgIpc) is 3.13. The van der Waals surface area contributed by atoms with Crippen molar-refractivity contribution in [3.63, 3.8) is 0 Å². The molecule has 0 atom stereocenters. The lowest BCUT2D eigenvalue weighted by Crippen LogP contribution is -2.13. The number of amides is 1. The Bertz CT molecular complexity index is 1210. The van der Waals surface area contributed by atoms with Gasteiger partial charge in [-0.2, -0.15) is 0 Å². The minimum absolute atomic E-state index is 0.233. The van der Waals surface area contributed by atoms with Gasteiger partial charge in [-0.1, -0.05) is 12.1 Å². The van der Waals surface area contributed by atoms with Gasteiger partial charge in [0.2, 0.25) is 0 Å². The van der Waals surface area contributed by atoms with Crippen LogP contribution >= 0.6 is 0 Å². The predicted molar refractivity (Wildman–Crippen MR) is 122 cm³/mol. The van der Waals surface area contributed by atoms with E-state index in [-0.39, 0.29) is 5.91 Å². The second-order valence-electron chi connectivity index (χ2n) is 6.96. The molecule has 1 N–H and O–H groups in total. The number of carbonyl (C=O) groups is 2. The molecular weight excluding hydrogens is 426 g/mol. The van der Waals surface area contributed by atoms with Crippen LogP contribution in [-0.4, -0.2) is 33.4 Å². The van der Waals surface area contributed by atoms with E-state index in [0.717, 1.165) is 5.56 Å². The number of methoxy groups -OCH3 is 3. The Kier molecular flexibility index (Phi) is 6.17. The fourth-order valence-electron chi connectivity index (χ4n) is 3.32. The Morgan fingerprint density at radius 3 is 1.88 bits per heavy atom. The predicted octanol–water partition coefficient (Wildman–Crippen LogP) is 4.78. The maximum atomic E-state index is 12.5. The third-order valence-corrected chi connectivity index (χ3v) is 4.96. The van der Waals surface area contributed by atoms with Crippen molar-refractivity contribution < 1.29 is 33.3 Å². The van der Waals surface area contributed by atoms with Crippen LogP contribution in [0.15, 0.2) is 60.7 Å². The smallest absolute Gasteiger partial charge is 0.497 e. The molecule has 0 spiro atoms. The Balaban J connectivity index is 1.47. The summed E-state index contributed by atoms with van der Waals surface area (Å²) in [5.41, 5.74) is 2.59. The van der Waals surface area contributed by atoms with Crippen LogP contribution in [0.25, 0.3) is 11.6 Å². The summed E-state index contributed by atoms with van der Waals surface area (Å²) in [6.07, 6.45) is 0.878. The SMILES string of the molecule is COc1ccc(OC(=O)Oc2ccc(C=C3C(=O)Nc4cc(OC)c(OC)cc43)cc2)cc1. The lowest BCUT2D eigenvalue weighted by molar-refractivity contribution is -0.110. The lowest BCUT2D eigenvalue weighted by atomic mass is 10.0. The summed E-state index contributed by atoms with van der Waals surface area (Å²) in [5.74, 6) is 2.11. The highest BCUT2D eigenvalue weighted by atomic mass is 16.7. The average molecular weight is 447 g/mol. The molecule has 1 heterocycles. The number of nitrogens with one attached hydrogen (secondary N) is 1. The van der Waals surface area contributed by atoms with Gasteiger partial charge < -0.3 is 29.0 Å². The van der Waals surface area contributed by atoms with Gasteiger partial charge in [0.05, 0.1) is 27.0 Å². The molecule has 1 aliphatic rings. The number of ether oxygens (including phenoxy) is 5. The minimum Gasteiger partial charge on any atom is -0.497 e. The lowest BCUT2D eigenvalue weighted by Gasteiger charge is -2.09. The molecule has 8 heteroatoms. The van der Waals surface area contributed by atoms with Gasteiger partial charge in [-0.25, -0.2) is 4.79 Å². The number of hydrogen-bond donors (Lipinski definition) is 1. The highest BCUT2D eigenvalue weighted by Crippen LogP contribution is 2.41. The van der Waals surface area contributed by atoms with Crippen LogP contribution in [0.5, 0.6) is 28.7 Å². The summed E-state index contributed by atoms with van der Waals surface area (Å²) in [6.45, 7) is 0. The second kappa shape index (κ2) is 9.35. The van der Waals surface area contributed by atoms with E-state index in [4.69, 9.17) is 23.7 Å². The molecular formula is C25H21NO7. The molecule has 0 aliphatic carbocycles. The van der Waals surface area contributed by atoms with Crippen LogP contribution in [0.2, 0.25) is 0 Å². The van der Waals surface area contributed by atoms with Crippen molar-refractivity contribution in [1.82, 2.24) is 0 Å². The third-order valence-electron chi connectivity index (χ3n) is 4.96. The summed E-state index contributed by atoms with van der Waals surface area (Å²) in [5, 5.41) is 2.83. The van der Waals surface area contributed by atoms with Crippen LogP contribution in [0.4, 0.5) is 10.5 Å². The topological polar surface area (TPSA) is 92.3 Å². The van der Waals surface area contributed by atoms with Gasteiger partial charge in [0.15, 0.2) is 11.5 Å². The fourth-order valence-corrected chi connectivity index (χ4v) is 3.32. The summed E-state index contributed by atoms with van der Waals surface area (Å²) in [7, 11) is 4.63. The maximum Gasteiger partial charge on any atom is 0.519 e. The normalized spacial score (nSPS) is 13.2. The molecule has 3 aromatic carbocycles. The summed E-state index contributed by atoms with van der Waals surface area (Å²) < 4.78 is 26.1. The van der Waals surface area contributed by atoms with E-state index < -0.39 is 6.16 Å². The zero-order valence-corrected chi connectivity index (χ0v) is 18.2. The number of carbonyl (C=O) groups excluding carboxylic acids is 2. The van der Waals surface area contributed by atoms with Crippen LogP contribution in [0, 0.1) is 0 Å². The third kappa shape index (κ3) is 4.74. The monoisotopic (exact) mass is 447 g/mol. The second-order valence-corrected chi connectivity index (χ2v) is 6.96. The molecule has 3 aromatic rings. The quantitative estimate of drug-likeness (QED) is 0.330. The zero-order valence-electron chi connectivity index (χ0n) is 18.2. The molecule has 0 saturated heterocycles. The van der Waals surface area contributed by atoms with E-state index in [0.29, 0.717) is 45.6 Å². The van der Waals surface area contributed by atoms with Crippen molar-refractivity contribution >= 4 is 29.4 Å². The first kappa shape index (κ1) is 21.8. The van der Waals surface area contributed by atoms with Crippen molar-refractivity contribution in [3.8, 4) is 28.7 Å². The van der Waals surface area contributed by atoms with E-state index in [1.165, 1.54) is 14.2 Å². The van der Waals surface area contributed by atoms with Crippen molar-refractivity contribution in [2.75, 3.05) is 26.6 Å². The number of rotatable bonds is 6. The van der Waals surface area contributed by atoms with Gasteiger partial charge in [-0.05, 0) is 54.1 Å². The molecule has 1 amide bonds. The van der Waals surface area contributed by atoms with Crippen LogP contribution < -0.4 is 29.0 Å². The molecule has 0 radical (unpaired) electrons. The van der Waals surface area contributed by atoms with Gasteiger partial charge in [0.25, 0.3) is 5.91 Å². The molecule has 0 aromatic heterocycles. The standard InChI is InChI=1S/C25H21NO7/c1-29-16-8-10-18(11-9-16)33-25(28)32-17-6-4-15(5-7-17)12-20-19-13-22(30-2)23(31-3)14-21(19)26-24(20)27/h4-14H,1-3H3,(H,26,27). The molecule has 0 unspecified atom stereocenters. The van der Waals surface area contributed by atoms with Crippen molar-refractivity contribution in [2.24, 2.45) is 0 Å². The molecule has 0 bridgehead atoms. The van der Waals surface area contributed by atoms with Crippen LogP contribution in [-0.2, 0) is 4.79 Å². The molecule has 33 heavy (non-hydrogen) atoms. The number of anilines is 1. The van der Waals surface area contributed by atoms with Gasteiger partial charge in [-0.15, -0.1) is 0 Å². The summed E-state index contributed by atoms with van der Waals surface area (Å²) in [6, 6.07) is 16.7. The highest BCUT2D eigenvalue weighted by molar-refractivity contribution is 6.35. The highest BCUT2D eigenvalue weighted by Gasteiger charge is 2.26.